The molecule has 1 unspecified atom stereocenters. The summed E-state index contributed by atoms with van der Waals surface area (Å²) < 4.78 is 0. The summed E-state index contributed by atoms with van der Waals surface area (Å²) in [6.45, 7) is 4.66. The predicted octanol–water partition coefficient (Wildman–Crippen LogP) is 3.70. The average Bonchev–Trinajstić information content (AvgIpc) is 2.70. The topological polar surface area (TPSA) is 3.24 Å². The fourth-order valence-electron chi connectivity index (χ4n) is 2.35. The van der Waals surface area contributed by atoms with E-state index < -0.39 is 0 Å². The number of nitrogens with zero attached hydrogens (tertiary/aromatic N) is 1. The van der Waals surface area contributed by atoms with Gasteiger partial charge >= 0.3 is 0 Å². The number of rotatable bonds is 5. The molecule has 0 aliphatic carbocycles. The number of benzene rings is 1. The van der Waals surface area contributed by atoms with Gasteiger partial charge in [0.15, 0.2) is 0 Å². The Kier molecular flexibility index (Phi) is 4.11. The van der Waals surface area contributed by atoms with Crippen molar-refractivity contribution in [2.75, 3.05) is 23.9 Å². The summed E-state index contributed by atoms with van der Waals surface area (Å²) in [5.41, 5.74) is 2.95. The number of para-hydroxylation sites is 1. The third-order valence-electron chi connectivity index (χ3n) is 3.48. The lowest BCUT2D eigenvalue weighted by atomic mass is 10.1. The maximum atomic E-state index is 5.76. The summed E-state index contributed by atoms with van der Waals surface area (Å²) in [5.74, 6) is 1.53. The molecule has 1 nitrogen and oxygen atoms in total. The van der Waals surface area contributed by atoms with Crippen molar-refractivity contribution in [3.05, 3.63) is 29.8 Å². The third-order valence-corrected chi connectivity index (χ3v) is 3.70. The van der Waals surface area contributed by atoms with Gasteiger partial charge < -0.3 is 4.90 Å². The number of fused-ring (bicyclic) bond motifs is 1. The first kappa shape index (κ1) is 11.8. The van der Waals surface area contributed by atoms with Crippen molar-refractivity contribution in [1.82, 2.24) is 0 Å². The number of anilines is 1. The lowest BCUT2D eigenvalue weighted by Crippen LogP contribution is -2.23. The molecule has 1 aromatic rings. The van der Waals surface area contributed by atoms with Gasteiger partial charge in [-0.15, -0.1) is 11.6 Å². The number of hydrogen-bond donors (Lipinski definition) is 0. The van der Waals surface area contributed by atoms with Crippen LogP contribution in [0.2, 0.25) is 0 Å². The van der Waals surface area contributed by atoms with Crippen LogP contribution in [0.15, 0.2) is 24.3 Å². The summed E-state index contributed by atoms with van der Waals surface area (Å²) in [6.07, 6.45) is 3.60. The van der Waals surface area contributed by atoms with Crippen LogP contribution in [-0.4, -0.2) is 19.0 Å². The minimum atomic E-state index is 0.741. The zero-order valence-corrected chi connectivity index (χ0v) is 10.7. The van der Waals surface area contributed by atoms with Crippen LogP contribution < -0.4 is 4.90 Å². The summed E-state index contributed by atoms with van der Waals surface area (Å²) in [7, 11) is 0. The Labute approximate surface area is 103 Å². The van der Waals surface area contributed by atoms with Crippen molar-refractivity contribution < 1.29 is 0 Å². The molecule has 0 aromatic heterocycles. The molecule has 1 aliphatic rings. The first-order valence-electron chi connectivity index (χ1n) is 6.20. The first-order chi connectivity index (χ1) is 7.81. The van der Waals surface area contributed by atoms with Crippen LogP contribution in [-0.2, 0) is 6.42 Å². The van der Waals surface area contributed by atoms with Crippen LogP contribution in [0.1, 0.15) is 25.3 Å². The van der Waals surface area contributed by atoms with E-state index in [1.165, 1.54) is 37.2 Å². The van der Waals surface area contributed by atoms with Crippen LogP contribution >= 0.6 is 11.6 Å². The van der Waals surface area contributed by atoms with Gasteiger partial charge in [0, 0.05) is 24.7 Å². The van der Waals surface area contributed by atoms with Gasteiger partial charge in [0.25, 0.3) is 0 Å². The van der Waals surface area contributed by atoms with Gasteiger partial charge in [-0.25, -0.2) is 0 Å². The van der Waals surface area contributed by atoms with E-state index >= 15 is 0 Å². The van der Waals surface area contributed by atoms with E-state index in [0.717, 1.165) is 18.2 Å². The molecule has 0 radical (unpaired) electrons. The van der Waals surface area contributed by atoms with Crippen molar-refractivity contribution in [3.8, 4) is 0 Å². The minimum Gasteiger partial charge on any atom is -0.371 e. The Hall–Kier alpha value is -0.690. The largest absolute Gasteiger partial charge is 0.371 e. The second kappa shape index (κ2) is 5.58. The van der Waals surface area contributed by atoms with Gasteiger partial charge in [-0.05, 0) is 36.8 Å². The average molecular weight is 238 g/mol. The first-order valence-corrected chi connectivity index (χ1v) is 6.73. The zero-order valence-electron chi connectivity index (χ0n) is 9.95. The zero-order chi connectivity index (χ0) is 11.4. The summed E-state index contributed by atoms with van der Waals surface area (Å²) in [5, 5.41) is 0. The van der Waals surface area contributed by atoms with E-state index in [1.54, 1.807) is 0 Å². The Bertz CT molecular complexity index is 337. The van der Waals surface area contributed by atoms with Crippen molar-refractivity contribution in [1.29, 1.82) is 0 Å². The Morgan fingerprint density at radius 2 is 2.12 bits per heavy atom. The van der Waals surface area contributed by atoms with Gasteiger partial charge in [-0.3, -0.25) is 0 Å². The smallest absolute Gasteiger partial charge is 0.0399 e. The third kappa shape index (κ3) is 2.70. The second-order valence-electron chi connectivity index (χ2n) is 4.74. The van der Waals surface area contributed by atoms with Crippen molar-refractivity contribution in [2.45, 2.75) is 26.2 Å². The number of hydrogen-bond acceptors (Lipinski definition) is 1. The summed E-state index contributed by atoms with van der Waals surface area (Å²) in [6, 6.07) is 8.77. The quantitative estimate of drug-likeness (QED) is 0.706. The van der Waals surface area contributed by atoms with Crippen LogP contribution in [0.5, 0.6) is 0 Å². The Balaban J connectivity index is 1.88. The molecule has 0 saturated heterocycles. The molecule has 0 amide bonds. The fraction of sp³-hybridized carbons (Fsp3) is 0.571. The molecule has 1 atom stereocenters. The second-order valence-corrected chi connectivity index (χ2v) is 5.12. The highest BCUT2D eigenvalue weighted by atomic mass is 35.5. The van der Waals surface area contributed by atoms with E-state index in [0.29, 0.717) is 0 Å². The maximum absolute atomic E-state index is 5.76. The van der Waals surface area contributed by atoms with Crippen molar-refractivity contribution in [3.63, 3.8) is 0 Å². The molecule has 1 aliphatic heterocycles. The molecule has 0 spiro atoms. The van der Waals surface area contributed by atoms with E-state index in [4.69, 9.17) is 11.6 Å². The van der Waals surface area contributed by atoms with E-state index in [2.05, 4.69) is 36.1 Å². The highest BCUT2D eigenvalue weighted by Crippen LogP contribution is 2.27. The van der Waals surface area contributed by atoms with Gasteiger partial charge in [0.2, 0.25) is 0 Å². The number of halogens is 1. The van der Waals surface area contributed by atoms with Crippen molar-refractivity contribution in [2.24, 2.45) is 5.92 Å². The molecule has 2 rings (SSSR count). The van der Waals surface area contributed by atoms with E-state index in [1.807, 2.05) is 0 Å². The van der Waals surface area contributed by atoms with Crippen LogP contribution in [0.4, 0.5) is 5.69 Å². The molecule has 2 heteroatoms. The van der Waals surface area contributed by atoms with Gasteiger partial charge in [0.05, 0.1) is 0 Å². The Morgan fingerprint density at radius 1 is 1.31 bits per heavy atom. The normalized spacial score (nSPS) is 16.2. The highest BCUT2D eigenvalue weighted by Gasteiger charge is 2.18. The molecule has 16 heavy (non-hydrogen) atoms. The standard InChI is InChI=1S/C14H20ClN/c1-12(6-9-15)7-10-16-11-8-13-4-2-3-5-14(13)16/h2-5,12H,6-11H2,1H3. The predicted molar refractivity (Wildman–Crippen MR) is 71.5 cm³/mol. The molecular weight excluding hydrogens is 218 g/mol. The highest BCUT2D eigenvalue weighted by molar-refractivity contribution is 6.17. The summed E-state index contributed by atoms with van der Waals surface area (Å²) in [4.78, 5) is 2.51. The van der Waals surface area contributed by atoms with Crippen molar-refractivity contribution >= 4 is 17.3 Å². The molecule has 0 fully saturated rings. The Morgan fingerprint density at radius 3 is 2.94 bits per heavy atom. The molecule has 0 N–H and O–H groups in total. The minimum absolute atomic E-state index is 0.741. The van der Waals surface area contributed by atoms with E-state index in [9.17, 15) is 0 Å². The lowest BCUT2D eigenvalue weighted by Gasteiger charge is -2.21. The molecule has 1 heterocycles. The SMILES string of the molecule is CC(CCCl)CCN1CCc2ccccc21. The van der Waals surface area contributed by atoms with Crippen LogP contribution in [0, 0.1) is 5.92 Å². The van der Waals surface area contributed by atoms with Gasteiger partial charge in [0.1, 0.15) is 0 Å². The fourth-order valence-corrected chi connectivity index (χ4v) is 2.72. The number of alkyl halides is 1. The summed E-state index contributed by atoms with van der Waals surface area (Å²) >= 11 is 5.76. The van der Waals surface area contributed by atoms with E-state index in [-0.39, 0.29) is 0 Å². The maximum Gasteiger partial charge on any atom is 0.0399 e. The van der Waals surface area contributed by atoms with Gasteiger partial charge in [-0.2, -0.15) is 0 Å². The molecule has 88 valence electrons. The van der Waals surface area contributed by atoms with Crippen LogP contribution in [0.25, 0.3) is 0 Å². The monoisotopic (exact) mass is 237 g/mol. The molecule has 1 aromatic carbocycles. The molecule has 0 saturated carbocycles. The molecular formula is C14H20ClN. The molecule has 0 bridgehead atoms. The lowest BCUT2D eigenvalue weighted by molar-refractivity contribution is 0.516. The van der Waals surface area contributed by atoms with Crippen LogP contribution in [0.3, 0.4) is 0 Å². The van der Waals surface area contributed by atoms with Gasteiger partial charge in [-0.1, -0.05) is 25.1 Å².